The van der Waals surface area contributed by atoms with Crippen molar-refractivity contribution in [3.63, 3.8) is 0 Å². The number of carboxylic acid groups (broad SMARTS) is 1. The van der Waals surface area contributed by atoms with Crippen LogP contribution in [0.3, 0.4) is 0 Å². The number of carboxylic acids is 1. The number of hydrogen-bond donors (Lipinski definition) is 3. The Morgan fingerprint density at radius 3 is 1.87 bits per heavy atom. The zero-order valence-corrected chi connectivity index (χ0v) is 8.12. The average Bonchev–Trinajstić information content (AvgIpc) is 2.17. The summed E-state index contributed by atoms with van der Waals surface area (Å²) in [6, 6.07) is 8.13. The highest BCUT2D eigenvalue weighted by Gasteiger charge is 2.11. The van der Waals surface area contributed by atoms with E-state index in [1.807, 2.05) is 0 Å². The molecule has 3 N–H and O–H groups in total. The third kappa shape index (κ3) is 6.36. The average molecular weight is 212 g/mol. The van der Waals surface area contributed by atoms with E-state index in [9.17, 15) is 4.79 Å². The lowest BCUT2D eigenvalue weighted by molar-refractivity contribution is -0.134. The van der Waals surface area contributed by atoms with E-state index in [0.717, 1.165) is 6.92 Å². The first kappa shape index (κ1) is 13.3. The summed E-state index contributed by atoms with van der Waals surface area (Å²) in [7, 11) is 0. The fourth-order valence-electron chi connectivity index (χ4n) is 0.751. The van der Waals surface area contributed by atoms with Gasteiger partial charge in [0.15, 0.2) is 0 Å². The monoisotopic (exact) mass is 212 g/mol. The van der Waals surface area contributed by atoms with Gasteiger partial charge in [0.2, 0.25) is 12.1 Å². The Morgan fingerprint density at radius 2 is 1.53 bits per heavy atom. The van der Waals surface area contributed by atoms with Crippen LogP contribution in [0.2, 0.25) is 0 Å². The Bertz CT molecular complexity index is 314. The number of rotatable bonds is 2. The molecule has 0 saturated heterocycles. The van der Waals surface area contributed by atoms with E-state index in [-0.39, 0.29) is 0 Å². The van der Waals surface area contributed by atoms with E-state index >= 15 is 0 Å². The van der Waals surface area contributed by atoms with Crippen molar-refractivity contribution in [2.45, 2.75) is 13.2 Å². The second-order valence-electron chi connectivity index (χ2n) is 2.62. The zero-order chi connectivity index (χ0) is 11.8. The highest BCUT2D eigenvalue weighted by molar-refractivity contribution is 5.98. The van der Waals surface area contributed by atoms with Crippen molar-refractivity contribution < 1.29 is 24.9 Å². The first-order chi connectivity index (χ1) is 6.95. The summed E-state index contributed by atoms with van der Waals surface area (Å²) in [6.07, 6.45) is -1.91. The smallest absolute Gasteiger partial charge is 0.300 e. The van der Waals surface area contributed by atoms with Gasteiger partial charge < -0.3 is 15.3 Å². The topological polar surface area (TPSA) is 94.8 Å². The first-order valence-corrected chi connectivity index (χ1v) is 4.10. The number of ketones is 1. The van der Waals surface area contributed by atoms with E-state index in [2.05, 4.69) is 0 Å². The molecule has 0 bridgehead atoms. The van der Waals surface area contributed by atoms with Gasteiger partial charge in [-0.1, -0.05) is 30.3 Å². The fourth-order valence-corrected chi connectivity index (χ4v) is 0.751. The highest BCUT2D eigenvalue weighted by atomic mass is 16.5. The van der Waals surface area contributed by atoms with Crippen molar-refractivity contribution in [2.75, 3.05) is 0 Å². The van der Waals surface area contributed by atoms with Crippen LogP contribution in [0.4, 0.5) is 0 Å². The van der Waals surface area contributed by atoms with Crippen molar-refractivity contribution in [1.82, 2.24) is 0 Å². The van der Waals surface area contributed by atoms with Gasteiger partial charge in [-0.05, 0) is 0 Å². The molecule has 0 spiro atoms. The molecule has 0 radical (unpaired) electrons. The van der Waals surface area contributed by atoms with Gasteiger partial charge in [-0.25, -0.2) is 0 Å². The summed E-state index contributed by atoms with van der Waals surface area (Å²) in [5.41, 5.74) is 0.308. The molecule has 82 valence electrons. The predicted molar refractivity (Wildman–Crippen MR) is 52.3 cm³/mol. The van der Waals surface area contributed by atoms with Gasteiger partial charge in [0, 0.05) is 12.5 Å². The third-order valence-corrected chi connectivity index (χ3v) is 1.29. The number of Topliss-reactive ketones (excluding diaryl/α,β-unsaturated/α-hetero) is 1. The van der Waals surface area contributed by atoms with Crippen LogP contribution in [0.15, 0.2) is 30.3 Å². The number of carbonyl (C=O) groups excluding carboxylic acids is 1. The van der Waals surface area contributed by atoms with Crippen LogP contribution in [0.1, 0.15) is 17.3 Å². The minimum atomic E-state index is -1.91. The number of aliphatic hydroxyl groups is 2. The molecule has 1 rings (SSSR count). The molecule has 0 fully saturated rings. The van der Waals surface area contributed by atoms with Crippen LogP contribution < -0.4 is 0 Å². The Morgan fingerprint density at radius 1 is 1.13 bits per heavy atom. The molecule has 5 nitrogen and oxygen atoms in total. The van der Waals surface area contributed by atoms with Crippen LogP contribution in [0.5, 0.6) is 0 Å². The summed E-state index contributed by atoms with van der Waals surface area (Å²) >= 11 is 0. The predicted octanol–water partition coefficient (Wildman–Crippen LogP) is 0.271. The molecule has 1 aromatic carbocycles. The number of hydrogen-bond acceptors (Lipinski definition) is 4. The van der Waals surface area contributed by atoms with Crippen LogP contribution in [0.25, 0.3) is 0 Å². The van der Waals surface area contributed by atoms with Gasteiger partial charge >= 0.3 is 0 Å². The maximum atomic E-state index is 10.8. The van der Waals surface area contributed by atoms with Gasteiger partial charge in [-0.2, -0.15) is 0 Å². The molecule has 0 unspecified atom stereocenters. The lowest BCUT2D eigenvalue weighted by atomic mass is 10.1. The molecular weight excluding hydrogens is 200 g/mol. The van der Waals surface area contributed by atoms with Crippen molar-refractivity contribution in [3.8, 4) is 0 Å². The number of aliphatic carboxylic acids is 1. The number of benzene rings is 1. The molecular formula is C10H12O5. The van der Waals surface area contributed by atoms with Crippen molar-refractivity contribution in [3.05, 3.63) is 35.9 Å². The maximum Gasteiger partial charge on any atom is 0.300 e. The highest BCUT2D eigenvalue weighted by Crippen LogP contribution is 2.01. The molecule has 1 aromatic rings. The summed E-state index contributed by atoms with van der Waals surface area (Å²) in [4.78, 5) is 19.8. The first-order valence-electron chi connectivity index (χ1n) is 4.10. The molecule has 0 saturated carbocycles. The van der Waals surface area contributed by atoms with Crippen molar-refractivity contribution in [1.29, 1.82) is 0 Å². The Hall–Kier alpha value is -1.72. The SMILES string of the molecule is CC(=O)O.O=C(c1ccccc1)C(O)O. The second-order valence-corrected chi connectivity index (χ2v) is 2.62. The summed E-state index contributed by atoms with van der Waals surface area (Å²) in [5, 5.41) is 24.4. The molecule has 0 atom stereocenters. The fraction of sp³-hybridized carbons (Fsp3) is 0.200. The summed E-state index contributed by atoms with van der Waals surface area (Å²) in [6.45, 7) is 1.08. The van der Waals surface area contributed by atoms with Crippen LogP contribution in [0, 0.1) is 0 Å². The molecule has 0 amide bonds. The Kier molecular flexibility index (Phi) is 5.92. The van der Waals surface area contributed by atoms with E-state index in [4.69, 9.17) is 20.1 Å². The summed E-state index contributed by atoms with van der Waals surface area (Å²) < 4.78 is 0. The largest absolute Gasteiger partial charge is 0.481 e. The van der Waals surface area contributed by atoms with E-state index in [1.165, 1.54) is 12.1 Å². The van der Waals surface area contributed by atoms with Gasteiger partial charge in [0.25, 0.3) is 5.97 Å². The van der Waals surface area contributed by atoms with Crippen molar-refractivity contribution in [2.24, 2.45) is 0 Å². The molecule has 0 aromatic heterocycles. The van der Waals surface area contributed by atoms with E-state index < -0.39 is 18.0 Å². The number of carbonyl (C=O) groups is 2. The maximum absolute atomic E-state index is 10.8. The quantitative estimate of drug-likeness (QED) is 0.483. The zero-order valence-electron chi connectivity index (χ0n) is 8.12. The minimum absolute atomic E-state index is 0.308. The molecule has 15 heavy (non-hydrogen) atoms. The minimum Gasteiger partial charge on any atom is -0.481 e. The normalized spacial score (nSPS) is 9.07. The standard InChI is InChI=1S/C8H8O3.C2H4O2/c9-7(8(10)11)6-4-2-1-3-5-6;1-2(3)4/h1-5,8,10-11H;1H3,(H,3,4). The molecule has 0 aliphatic rings. The number of aliphatic hydroxyl groups excluding tert-OH is 1. The Balaban J connectivity index is 0.000000423. The summed E-state index contributed by atoms with van der Waals surface area (Å²) in [5.74, 6) is -1.51. The van der Waals surface area contributed by atoms with Gasteiger partial charge in [-0.3, -0.25) is 9.59 Å². The van der Waals surface area contributed by atoms with Crippen LogP contribution in [-0.4, -0.2) is 33.4 Å². The lowest BCUT2D eigenvalue weighted by Crippen LogP contribution is -2.18. The molecule has 0 aliphatic heterocycles. The van der Waals surface area contributed by atoms with E-state index in [1.54, 1.807) is 18.2 Å². The van der Waals surface area contributed by atoms with Crippen LogP contribution in [-0.2, 0) is 4.79 Å². The third-order valence-electron chi connectivity index (χ3n) is 1.29. The van der Waals surface area contributed by atoms with Crippen LogP contribution >= 0.6 is 0 Å². The van der Waals surface area contributed by atoms with Gasteiger partial charge in [-0.15, -0.1) is 0 Å². The second kappa shape index (κ2) is 6.69. The van der Waals surface area contributed by atoms with E-state index in [0.29, 0.717) is 5.56 Å². The van der Waals surface area contributed by atoms with Crippen molar-refractivity contribution >= 4 is 11.8 Å². The molecule has 0 aliphatic carbocycles. The lowest BCUT2D eigenvalue weighted by Gasteiger charge is -2.00. The van der Waals surface area contributed by atoms with Gasteiger partial charge in [0.05, 0.1) is 0 Å². The molecule has 5 heteroatoms. The van der Waals surface area contributed by atoms with Gasteiger partial charge in [0.1, 0.15) is 0 Å². The Labute approximate surface area is 86.6 Å². The molecule has 0 heterocycles.